The smallest absolute Gasteiger partial charge is 0.144 e. The van der Waals surface area contributed by atoms with Crippen LogP contribution in [0.2, 0.25) is 0 Å². The van der Waals surface area contributed by atoms with Crippen LogP contribution in [0.3, 0.4) is 0 Å². The van der Waals surface area contributed by atoms with Crippen molar-refractivity contribution >= 4 is 0 Å². The summed E-state index contributed by atoms with van der Waals surface area (Å²) in [5, 5.41) is 0. The summed E-state index contributed by atoms with van der Waals surface area (Å²) >= 11 is 0. The van der Waals surface area contributed by atoms with E-state index >= 15 is 0 Å². The van der Waals surface area contributed by atoms with E-state index in [1.807, 2.05) is 0 Å². The van der Waals surface area contributed by atoms with Crippen LogP contribution in [0.4, 0.5) is 0 Å². The van der Waals surface area contributed by atoms with Gasteiger partial charge in [0, 0.05) is 19.0 Å². The van der Waals surface area contributed by atoms with E-state index in [4.69, 9.17) is 10.5 Å². The normalized spacial score (nSPS) is 23.6. The minimum atomic E-state index is -0.0979. The molecule has 4 nitrogen and oxygen atoms in total. The minimum Gasteiger partial charge on any atom is -0.378 e. The van der Waals surface area contributed by atoms with E-state index in [-0.39, 0.29) is 6.04 Å². The molecule has 2 heterocycles. The average molecular weight is 193 g/mol. The Kier molecular flexibility index (Phi) is 3.06. The Morgan fingerprint density at radius 3 is 2.93 bits per heavy atom. The Morgan fingerprint density at radius 2 is 2.29 bits per heavy atom. The van der Waals surface area contributed by atoms with Gasteiger partial charge in [-0.15, -0.1) is 0 Å². The van der Waals surface area contributed by atoms with E-state index in [0.29, 0.717) is 11.9 Å². The molecule has 2 N–H and O–H groups in total. The molecule has 2 unspecified atom stereocenters. The number of hydrogen-bond donors (Lipinski definition) is 1. The summed E-state index contributed by atoms with van der Waals surface area (Å²) in [6, 6.07) is 1.70. The molecule has 0 radical (unpaired) electrons. The third-order valence-electron chi connectivity index (χ3n) is 2.46. The van der Waals surface area contributed by atoms with Crippen LogP contribution in [-0.4, -0.2) is 22.7 Å². The molecule has 14 heavy (non-hydrogen) atoms. The lowest BCUT2D eigenvalue weighted by Crippen LogP contribution is -2.20. The highest BCUT2D eigenvalue weighted by Crippen LogP contribution is 2.21. The molecule has 1 aromatic rings. The quantitative estimate of drug-likeness (QED) is 0.779. The predicted molar refractivity (Wildman–Crippen MR) is 52.6 cm³/mol. The van der Waals surface area contributed by atoms with E-state index in [0.717, 1.165) is 25.9 Å². The summed E-state index contributed by atoms with van der Waals surface area (Å²) in [7, 11) is 0. The van der Waals surface area contributed by atoms with Crippen molar-refractivity contribution in [2.45, 2.75) is 31.4 Å². The third kappa shape index (κ3) is 2.27. The van der Waals surface area contributed by atoms with Gasteiger partial charge in [-0.05, 0) is 25.3 Å². The maximum atomic E-state index is 5.97. The maximum absolute atomic E-state index is 5.97. The molecule has 76 valence electrons. The second kappa shape index (κ2) is 4.48. The Labute approximate surface area is 83.5 Å². The molecule has 1 saturated heterocycles. The zero-order chi connectivity index (χ0) is 9.80. The standard InChI is InChI=1S/C10H15N3O/c11-9(7-8-3-1-6-14-8)10-12-4-2-5-13-10/h2,4-5,8-9H,1,3,6-7,11H2. The minimum absolute atomic E-state index is 0.0979. The molecule has 2 rings (SSSR count). The van der Waals surface area contributed by atoms with Crippen molar-refractivity contribution in [1.82, 2.24) is 9.97 Å². The molecule has 0 amide bonds. The summed E-state index contributed by atoms with van der Waals surface area (Å²) < 4.78 is 5.51. The van der Waals surface area contributed by atoms with Gasteiger partial charge in [-0.2, -0.15) is 0 Å². The van der Waals surface area contributed by atoms with Gasteiger partial charge in [-0.3, -0.25) is 0 Å². The number of rotatable bonds is 3. The monoisotopic (exact) mass is 193 g/mol. The number of aromatic nitrogens is 2. The average Bonchev–Trinajstić information content (AvgIpc) is 2.72. The lowest BCUT2D eigenvalue weighted by atomic mass is 10.1. The molecule has 0 aliphatic carbocycles. The van der Waals surface area contributed by atoms with Crippen LogP contribution in [0.1, 0.15) is 31.1 Å². The van der Waals surface area contributed by atoms with Crippen molar-refractivity contribution in [2.24, 2.45) is 5.73 Å². The highest BCUT2D eigenvalue weighted by atomic mass is 16.5. The fourth-order valence-electron chi connectivity index (χ4n) is 1.72. The molecule has 4 heteroatoms. The van der Waals surface area contributed by atoms with Gasteiger partial charge in [0.15, 0.2) is 0 Å². The van der Waals surface area contributed by atoms with Gasteiger partial charge >= 0.3 is 0 Å². The van der Waals surface area contributed by atoms with Gasteiger partial charge in [-0.25, -0.2) is 9.97 Å². The summed E-state index contributed by atoms with van der Waals surface area (Å²) in [6.07, 6.45) is 6.82. The van der Waals surface area contributed by atoms with E-state index in [2.05, 4.69) is 9.97 Å². The van der Waals surface area contributed by atoms with Crippen LogP contribution >= 0.6 is 0 Å². The highest BCUT2D eigenvalue weighted by Gasteiger charge is 2.20. The summed E-state index contributed by atoms with van der Waals surface area (Å²) in [5.41, 5.74) is 5.97. The molecular formula is C10H15N3O. The first-order chi connectivity index (χ1) is 6.86. The highest BCUT2D eigenvalue weighted by molar-refractivity contribution is 4.95. The van der Waals surface area contributed by atoms with Crippen molar-refractivity contribution < 1.29 is 4.74 Å². The lowest BCUT2D eigenvalue weighted by molar-refractivity contribution is 0.0976. The zero-order valence-corrected chi connectivity index (χ0v) is 8.10. The number of nitrogens with zero attached hydrogens (tertiary/aromatic N) is 2. The maximum Gasteiger partial charge on any atom is 0.144 e. The summed E-state index contributed by atoms with van der Waals surface area (Å²) in [5.74, 6) is 0.711. The van der Waals surface area contributed by atoms with Crippen LogP contribution in [0, 0.1) is 0 Å². The molecule has 1 fully saturated rings. The molecule has 0 bridgehead atoms. The number of hydrogen-bond acceptors (Lipinski definition) is 4. The third-order valence-corrected chi connectivity index (χ3v) is 2.46. The molecular weight excluding hydrogens is 178 g/mol. The van der Waals surface area contributed by atoms with E-state index in [1.165, 1.54) is 0 Å². The summed E-state index contributed by atoms with van der Waals surface area (Å²) in [6.45, 7) is 0.868. The van der Waals surface area contributed by atoms with Crippen LogP contribution in [-0.2, 0) is 4.74 Å². The number of nitrogens with two attached hydrogens (primary N) is 1. The Hall–Kier alpha value is -1.00. The molecule has 1 aliphatic rings. The first-order valence-electron chi connectivity index (χ1n) is 5.00. The van der Waals surface area contributed by atoms with Crippen LogP contribution in [0.5, 0.6) is 0 Å². The second-order valence-corrected chi connectivity index (χ2v) is 3.58. The summed E-state index contributed by atoms with van der Waals surface area (Å²) in [4.78, 5) is 8.26. The van der Waals surface area contributed by atoms with Gasteiger partial charge in [-0.1, -0.05) is 0 Å². The zero-order valence-electron chi connectivity index (χ0n) is 8.10. The Morgan fingerprint density at radius 1 is 1.50 bits per heavy atom. The van der Waals surface area contributed by atoms with Gasteiger partial charge < -0.3 is 10.5 Å². The molecule has 1 aliphatic heterocycles. The molecule has 2 atom stereocenters. The van der Waals surface area contributed by atoms with Gasteiger partial charge in [0.2, 0.25) is 0 Å². The van der Waals surface area contributed by atoms with Gasteiger partial charge in [0.25, 0.3) is 0 Å². The molecule has 0 saturated carbocycles. The van der Waals surface area contributed by atoms with Crippen LogP contribution in [0.25, 0.3) is 0 Å². The largest absolute Gasteiger partial charge is 0.378 e. The van der Waals surface area contributed by atoms with E-state index in [9.17, 15) is 0 Å². The fourth-order valence-corrected chi connectivity index (χ4v) is 1.72. The lowest BCUT2D eigenvalue weighted by Gasteiger charge is -2.14. The molecule has 0 aromatic carbocycles. The topological polar surface area (TPSA) is 61.0 Å². The van der Waals surface area contributed by atoms with E-state index in [1.54, 1.807) is 18.5 Å². The van der Waals surface area contributed by atoms with Crippen molar-refractivity contribution in [3.8, 4) is 0 Å². The SMILES string of the molecule is NC(CC1CCCO1)c1ncccn1. The number of ether oxygens (including phenoxy) is 1. The predicted octanol–water partition coefficient (Wildman–Crippen LogP) is 1.05. The van der Waals surface area contributed by atoms with Crippen LogP contribution in [0.15, 0.2) is 18.5 Å². The van der Waals surface area contributed by atoms with Crippen LogP contribution < -0.4 is 5.73 Å². The molecule has 0 spiro atoms. The van der Waals surface area contributed by atoms with Gasteiger partial charge in [0.05, 0.1) is 12.1 Å². The first-order valence-corrected chi connectivity index (χ1v) is 5.00. The molecule has 1 aromatic heterocycles. The van der Waals surface area contributed by atoms with Crippen molar-refractivity contribution in [2.75, 3.05) is 6.61 Å². The van der Waals surface area contributed by atoms with E-state index < -0.39 is 0 Å². The van der Waals surface area contributed by atoms with Crippen molar-refractivity contribution in [3.05, 3.63) is 24.3 Å². The second-order valence-electron chi connectivity index (χ2n) is 3.58. The first kappa shape index (κ1) is 9.55. The Balaban J connectivity index is 1.92. The fraction of sp³-hybridized carbons (Fsp3) is 0.600. The van der Waals surface area contributed by atoms with Gasteiger partial charge in [0.1, 0.15) is 5.82 Å². The van der Waals surface area contributed by atoms with Crippen molar-refractivity contribution in [3.63, 3.8) is 0 Å². The van der Waals surface area contributed by atoms with Crippen molar-refractivity contribution in [1.29, 1.82) is 0 Å². The Bertz CT molecular complexity index is 272.